The molecule has 8 heavy (non-hydrogen) atoms. The molecule has 0 aliphatic heterocycles. The Kier molecular flexibility index (Phi) is 4.05. The quantitative estimate of drug-likeness (QED) is 0.532. The molecule has 3 nitrogen and oxygen atoms in total. The fraction of sp³-hybridized carbons (Fsp3) is 1.00. The van der Waals surface area contributed by atoms with Crippen LogP contribution in [-0.4, -0.2) is 23.8 Å². The van der Waals surface area contributed by atoms with Crippen molar-refractivity contribution >= 4 is 8.03 Å². The molecule has 0 aromatic heterocycles. The first kappa shape index (κ1) is 8.08. The average molecular weight is 141 g/mol. The monoisotopic (exact) mass is 141 g/mol. The summed E-state index contributed by atoms with van der Waals surface area (Å²) in [5.41, 5.74) is 4.81. The van der Waals surface area contributed by atoms with Crippen molar-refractivity contribution in [1.82, 2.24) is 0 Å². The average Bonchev–Trinajstić information content (AvgIpc) is 1.65. The maximum atomic E-state index is 11.9. The number of rotatable bonds is 3. The molecule has 2 atom stereocenters. The Morgan fingerprint density at radius 2 is 2.38 bits per heavy atom. The molecule has 0 heterocycles. The normalized spacial score (nSPS) is 17.9. The van der Waals surface area contributed by atoms with Crippen LogP contribution < -0.4 is 5.73 Å². The first-order valence-corrected chi connectivity index (χ1v) is 3.79. The largest absolute Gasteiger partial charge is 0.346 e. The van der Waals surface area contributed by atoms with E-state index in [1.807, 2.05) is 0 Å². The van der Waals surface area contributed by atoms with Gasteiger partial charge in [0.15, 0.2) is 8.03 Å². The highest BCUT2D eigenvalue weighted by molar-refractivity contribution is 7.38. The Labute approximate surface area is 47.6 Å². The van der Waals surface area contributed by atoms with Crippen LogP contribution in [0.1, 0.15) is 0 Å². The van der Waals surface area contributed by atoms with Crippen molar-refractivity contribution in [3.05, 3.63) is 0 Å². The molecule has 0 aromatic carbocycles. The molecule has 0 spiro atoms. The van der Waals surface area contributed by atoms with Gasteiger partial charge < -0.3 is 10.6 Å². The Morgan fingerprint density at radius 1 is 1.88 bits per heavy atom. The molecule has 0 rings (SSSR count). The molecule has 0 saturated carbocycles. The number of hydrogen-bond acceptors (Lipinski definition) is 2. The number of halogens is 1. The maximum absolute atomic E-state index is 11.9. The van der Waals surface area contributed by atoms with Gasteiger partial charge in [0, 0.05) is 6.54 Å². The highest BCUT2D eigenvalue weighted by atomic mass is 31.1. The molecule has 0 radical (unpaired) electrons. The first-order valence-electron chi connectivity index (χ1n) is 2.22. The van der Waals surface area contributed by atoms with Crippen LogP contribution in [-0.2, 0) is 4.57 Å². The minimum Gasteiger partial charge on any atom is -0.346 e. The van der Waals surface area contributed by atoms with Gasteiger partial charge >= 0.3 is 0 Å². The number of nitrogens with two attached hydrogens (primary N) is 1. The van der Waals surface area contributed by atoms with Gasteiger partial charge in [-0.25, -0.2) is 4.39 Å². The zero-order valence-electron chi connectivity index (χ0n) is 4.30. The third-order valence-corrected chi connectivity index (χ3v) is 1.44. The highest BCUT2D eigenvalue weighted by Crippen LogP contribution is 2.14. The van der Waals surface area contributed by atoms with Crippen LogP contribution in [0.4, 0.5) is 4.39 Å². The van der Waals surface area contributed by atoms with Crippen LogP contribution in [0, 0.1) is 0 Å². The van der Waals surface area contributed by atoms with Crippen molar-refractivity contribution in [3.8, 4) is 0 Å². The summed E-state index contributed by atoms with van der Waals surface area (Å²) in [6.07, 6.45) is -1.62. The van der Waals surface area contributed by atoms with E-state index >= 15 is 0 Å². The lowest BCUT2D eigenvalue weighted by Gasteiger charge is -1.98. The van der Waals surface area contributed by atoms with Crippen LogP contribution in [0.5, 0.6) is 0 Å². The third kappa shape index (κ3) is 4.24. The van der Waals surface area contributed by atoms with Crippen LogP contribution in [0.3, 0.4) is 0 Å². The Bertz CT molecular complexity index is 89.4. The summed E-state index contributed by atoms with van der Waals surface area (Å²) in [5.74, 6) is 0. The predicted molar refractivity (Wildman–Crippen MR) is 30.0 cm³/mol. The van der Waals surface area contributed by atoms with Gasteiger partial charge in [-0.2, -0.15) is 0 Å². The topological polar surface area (TPSA) is 63.3 Å². The van der Waals surface area contributed by atoms with E-state index in [1.165, 1.54) is 0 Å². The first-order chi connectivity index (χ1) is 3.66. The third-order valence-electron chi connectivity index (χ3n) is 0.652. The second kappa shape index (κ2) is 4.01. The molecule has 5 heteroatoms. The lowest BCUT2D eigenvalue weighted by atomic mass is 10.5. The van der Waals surface area contributed by atoms with Gasteiger partial charge in [-0.05, 0) is 0 Å². The van der Waals surface area contributed by atoms with Gasteiger partial charge in [0.1, 0.15) is 6.17 Å². The van der Waals surface area contributed by atoms with Crippen molar-refractivity contribution in [1.29, 1.82) is 0 Å². The van der Waals surface area contributed by atoms with Crippen molar-refractivity contribution in [2.24, 2.45) is 5.73 Å². The van der Waals surface area contributed by atoms with Gasteiger partial charge in [0.25, 0.3) is 0 Å². The summed E-state index contributed by atoms with van der Waals surface area (Å²) in [6.45, 7) is -0.170. The second-order valence-electron chi connectivity index (χ2n) is 1.43. The summed E-state index contributed by atoms with van der Waals surface area (Å²) in [6, 6.07) is 0. The van der Waals surface area contributed by atoms with Crippen molar-refractivity contribution < 1.29 is 13.8 Å². The predicted octanol–water partition coefficient (Wildman–Crippen LogP) is -0.250. The molecule has 0 aliphatic rings. The van der Waals surface area contributed by atoms with Crippen LogP contribution in [0.15, 0.2) is 0 Å². The summed E-state index contributed by atoms with van der Waals surface area (Å²) in [7, 11) is -2.65. The van der Waals surface area contributed by atoms with E-state index in [9.17, 15) is 8.96 Å². The van der Waals surface area contributed by atoms with Crippen molar-refractivity contribution in [3.63, 3.8) is 0 Å². The van der Waals surface area contributed by atoms with Gasteiger partial charge in [-0.1, -0.05) is 0 Å². The molecule has 0 bridgehead atoms. The molecular weight excluding hydrogens is 132 g/mol. The fourth-order valence-electron chi connectivity index (χ4n) is 0.273. The van der Waals surface area contributed by atoms with E-state index in [0.717, 1.165) is 0 Å². The smallest absolute Gasteiger partial charge is 0.192 e. The zero-order valence-corrected chi connectivity index (χ0v) is 5.30. The van der Waals surface area contributed by atoms with Crippen LogP contribution >= 0.6 is 8.03 Å². The summed E-state index contributed by atoms with van der Waals surface area (Å²) < 4.78 is 21.8. The maximum Gasteiger partial charge on any atom is 0.192 e. The van der Waals surface area contributed by atoms with Crippen molar-refractivity contribution in [2.45, 2.75) is 6.17 Å². The number of alkyl halides is 1. The van der Waals surface area contributed by atoms with Crippen LogP contribution in [0.25, 0.3) is 0 Å². The zero-order chi connectivity index (χ0) is 6.57. The standard InChI is InChI=1S/C3H9FNO2P/c4-3(1-5)2-8(6)7/h3,8H,1-2,5H2,(H,6,7)/t3-/m0/s1. The molecule has 0 aromatic rings. The Morgan fingerprint density at radius 3 is 2.50 bits per heavy atom. The van der Waals surface area contributed by atoms with Gasteiger partial charge in [0.05, 0.1) is 6.16 Å². The van der Waals surface area contributed by atoms with E-state index in [1.54, 1.807) is 0 Å². The fourth-order valence-corrected chi connectivity index (χ4v) is 0.818. The molecule has 0 amide bonds. The van der Waals surface area contributed by atoms with Gasteiger partial charge in [0.2, 0.25) is 0 Å². The van der Waals surface area contributed by atoms with E-state index < -0.39 is 14.2 Å². The SMILES string of the molecule is NC[C@H](F)C[PH](=O)O. The van der Waals surface area contributed by atoms with E-state index in [0.29, 0.717) is 0 Å². The summed E-state index contributed by atoms with van der Waals surface area (Å²) >= 11 is 0. The second-order valence-corrected chi connectivity index (χ2v) is 2.63. The molecule has 0 saturated heterocycles. The van der Waals surface area contributed by atoms with Gasteiger partial charge in [-0.15, -0.1) is 0 Å². The Hall–Kier alpha value is 0.0800. The van der Waals surface area contributed by atoms with E-state index in [2.05, 4.69) is 0 Å². The lowest BCUT2D eigenvalue weighted by Crippen LogP contribution is -2.17. The summed E-state index contributed by atoms with van der Waals surface area (Å²) in [4.78, 5) is 8.10. The van der Waals surface area contributed by atoms with E-state index in [-0.39, 0.29) is 12.7 Å². The molecule has 50 valence electrons. The minimum atomic E-state index is -2.65. The lowest BCUT2D eigenvalue weighted by molar-refractivity contribution is 0.364. The highest BCUT2D eigenvalue weighted by Gasteiger charge is 2.05. The summed E-state index contributed by atoms with van der Waals surface area (Å²) in [5, 5.41) is 0. The van der Waals surface area contributed by atoms with Gasteiger partial charge in [-0.3, -0.25) is 4.57 Å². The van der Waals surface area contributed by atoms with Crippen LogP contribution in [0.2, 0.25) is 0 Å². The van der Waals surface area contributed by atoms with Crippen molar-refractivity contribution in [2.75, 3.05) is 12.7 Å². The Balaban J connectivity index is 3.24. The minimum absolute atomic E-state index is 0.170. The molecule has 3 N–H and O–H groups in total. The van der Waals surface area contributed by atoms with E-state index in [4.69, 9.17) is 10.6 Å². The molecule has 1 unspecified atom stereocenters. The molecular formula is C3H9FNO2P. The molecule has 0 aliphatic carbocycles. The molecule has 0 fully saturated rings. The number of hydrogen-bond donors (Lipinski definition) is 2.